The molecule has 2 aromatic heterocycles. The molecule has 0 bridgehead atoms. The number of rotatable bonds is 3. The first-order valence-corrected chi connectivity index (χ1v) is 13.5. The van der Waals surface area contributed by atoms with E-state index in [1.807, 2.05) is 30.3 Å². The van der Waals surface area contributed by atoms with Crippen LogP contribution in [0.2, 0.25) is 24.7 Å². The van der Waals surface area contributed by atoms with Gasteiger partial charge in [-0.05, 0) is 29.8 Å². The van der Waals surface area contributed by atoms with Crippen LogP contribution >= 0.6 is 11.6 Å². The molecule has 0 aliphatic rings. The van der Waals surface area contributed by atoms with Crippen LogP contribution in [0.5, 0.6) is 0 Å². The molecule has 0 N–H and O–H groups in total. The molecule has 31 heavy (non-hydrogen) atoms. The highest BCUT2D eigenvalue weighted by Crippen LogP contribution is 2.28. The van der Waals surface area contributed by atoms with Crippen molar-refractivity contribution >= 4 is 31.0 Å². The van der Waals surface area contributed by atoms with Gasteiger partial charge in [0.25, 0.3) is 5.69 Å². The highest BCUT2D eigenvalue weighted by Gasteiger charge is 2.16. The lowest BCUT2D eigenvalue weighted by molar-refractivity contribution is -0.384. The summed E-state index contributed by atoms with van der Waals surface area (Å²) in [5.41, 5.74) is 8.09. The van der Waals surface area contributed by atoms with Gasteiger partial charge < -0.3 is 0 Å². The van der Waals surface area contributed by atoms with Gasteiger partial charge in [0.2, 0.25) is 0 Å². The average Bonchev–Trinajstić information content (AvgIpc) is 3.16. The van der Waals surface area contributed by atoms with Crippen molar-refractivity contribution in [1.82, 2.24) is 14.6 Å². The average molecular weight is 447 g/mol. The Morgan fingerprint density at radius 1 is 1.03 bits per heavy atom. The zero-order valence-corrected chi connectivity index (χ0v) is 19.0. The molecule has 4 rings (SSSR count). The summed E-state index contributed by atoms with van der Waals surface area (Å²) in [5, 5.41) is 16.4. The number of nitrogens with zero attached hydrogens (tertiary/aromatic N) is 4. The number of nitro benzene ring substituents is 1. The van der Waals surface area contributed by atoms with E-state index in [4.69, 9.17) is 16.7 Å². The third kappa shape index (κ3) is 4.50. The third-order valence-corrected chi connectivity index (χ3v) is 5.70. The Morgan fingerprint density at radius 3 is 2.29 bits per heavy atom. The minimum absolute atomic E-state index is 0.0386. The predicted octanol–water partition coefficient (Wildman–Crippen LogP) is 5.85. The molecule has 6 nitrogen and oxygen atoms in total. The van der Waals surface area contributed by atoms with Crippen LogP contribution in [0.4, 0.5) is 5.69 Å². The van der Waals surface area contributed by atoms with Crippen LogP contribution in [-0.2, 0) is 0 Å². The number of nitro groups is 1. The molecule has 0 aliphatic heterocycles. The summed E-state index contributed by atoms with van der Waals surface area (Å²) in [6.45, 7) is 6.52. The molecule has 2 aromatic carbocycles. The Hall–Kier alpha value is -3.47. The molecule has 0 saturated carbocycles. The fourth-order valence-electron chi connectivity index (χ4n) is 3.04. The van der Waals surface area contributed by atoms with E-state index in [9.17, 15) is 10.1 Å². The summed E-state index contributed by atoms with van der Waals surface area (Å²) in [6, 6.07) is 15.8. The molecule has 0 unspecified atom stereocenters. The van der Waals surface area contributed by atoms with E-state index in [1.165, 1.54) is 12.1 Å². The van der Waals surface area contributed by atoms with Crippen LogP contribution in [0, 0.1) is 21.6 Å². The first kappa shape index (κ1) is 20.8. The topological polar surface area (TPSA) is 73.3 Å². The van der Waals surface area contributed by atoms with Gasteiger partial charge in [0, 0.05) is 40.5 Å². The number of benzene rings is 2. The van der Waals surface area contributed by atoms with E-state index < -0.39 is 13.0 Å². The highest BCUT2D eigenvalue weighted by atomic mass is 35.5. The molecule has 2 heterocycles. The molecule has 0 aliphatic carbocycles. The number of hydrogen-bond acceptors (Lipinski definition) is 4. The molecule has 154 valence electrons. The molecular formula is C23H19ClN4O2Si. The molecule has 0 saturated heterocycles. The summed E-state index contributed by atoms with van der Waals surface area (Å²) in [5.74, 6) is 3.32. The maximum atomic E-state index is 11.0. The number of aromatic nitrogens is 3. The highest BCUT2D eigenvalue weighted by molar-refractivity contribution is 6.83. The number of non-ortho nitro benzene ring substituents is 1. The minimum Gasteiger partial charge on any atom is -0.258 e. The predicted molar refractivity (Wildman–Crippen MR) is 126 cm³/mol. The fraction of sp³-hybridized carbons (Fsp3) is 0.130. The molecule has 0 spiro atoms. The quantitative estimate of drug-likeness (QED) is 0.171. The first-order valence-electron chi connectivity index (χ1n) is 9.64. The minimum atomic E-state index is -1.67. The van der Waals surface area contributed by atoms with Crippen LogP contribution < -0.4 is 0 Å². The van der Waals surface area contributed by atoms with Gasteiger partial charge >= 0.3 is 0 Å². The lowest BCUT2D eigenvalue weighted by atomic mass is 10.1. The molecule has 8 heteroatoms. The van der Waals surface area contributed by atoms with Crippen LogP contribution in [-0.4, -0.2) is 27.6 Å². The summed E-state index contributed by atoms with van der Waals surface area (Å²) in [4.78, 5) is 15.2. The Labute approximate surface area is 185 Å². The largest absolute Gasteiger partial charge is 0.269 e. The Kier molecular flexibility index (Phi) is 5.35. The van der Waals surface area contributed by atoms with Gasteiger partial charge in [-0.25, -0.2) is 9.50 Å². The smallest absolute Gasteiger partial charge is 0.258 e. The van der Waals surface area contributed by atoms with Crippen LogP contribution in [0.25, 0.3) is 28.0 Å². The van der Waals surface area contributed by atoms with Gasteiger partial charge in [-0.1, -0.05) is 49.3 Å². The lowest BCUT2D eigenvalue weighted by Gasteiger charge is -2.08. The van der Waals surface area contributed by atoms with E-state index >= 15 is 0 Å². The Morgan fingerprint density at radius 2 is 1.68 bits per heavy atom. The van der Waals surface area contributed by atoms with Crippen LogP contribution in [0.1, 0.15) is 5.69 Å². The second-order valence-electron chi connectivity index (χ2n) is 8.13. The second kappa shape index (κ2) is 7.98. The van der Waals surface area contributed by atoms with E-state index in [0.717, 1.165) is 22.4 Å². The van der Waals surface area contributed by atoms with Crippen molar-refractivity contribution < 1.29 is 4.92 Å². The van der Waals surface area contributed by atoms with E-state index in [2.05, 4.69) is 36.1 Å². The zero-order valence-electron chi connectivity index (χ0n) is 17.3. The summed E-state index contributed by atoms with van der Waals surface area (Å²) >= 11 is 6.01. The first-order chi connectivity index (χ1) is 14.7. The van der Waals surface area contributed by atoms with Crippen LogP contribution in [0.15, 0.2) is 60.8 Å². The van der Waals surface area contributed by atoms with Crippen molar-refractivity contribution in [2.75, 3.05) is 0 Å². The number of hydrogen-bond donors (Lipinski definition) is 0. The molecule has 0 amide bonds. The van der Waals surface area contributed by atoms with Gasteiger partial charge in [0.15, 0.2) is 5.65 Å². The van der Waals surface area contributed by atoms with Crippen molar-refractivity contribution in [2.45, 2.75) is 19.6 Å². The zero-order chi connectivity index (χ0) is 22.2. The van der Waals surface area contributed by atoms with Gasteiger partial charge in [0.1, 0.15) is 13.8 Å². The van der Waals surface area contributed by atoms with Crippen molar-refractivity contribution in [1.29, 1.82) is 0 Å². The van der Waals surface area contributed by atoms with Crippen molar-refractivity contribution in [3.8, 4) is 33.8 Å². The maximum Gasteiger partial charge on any atom is 0.269 e. The van der Waals surface area contributed by atoms with Crippen molar-refractivity contribution in [2.24, 2.45) is 0 Å². The third-order valence-electron chi connectivity index (χ3n) is 4.57. The number of fused-ring (bicyclic) bond motifs is 1. The van der Waals surface area contributed by atoms with Gasteiger partial charge in [-0.15, -0.1) is 5.54 Å². The lowest BCUT2D eigenvalue weighted by Crippen LogP contribution is -2.16. The summed E-state index contributed by atoms with van der Waals surface area (Å²) < 4.78 is 1.74. The maximum absolute atomic E-state index is 11.0. The van der Waals surface area contributed by atoms with Crippen molar-refractivity contribution in [3.05, 3.63) is 81.6 Å². The van der Waals surface area contributed by atoms with Gasteiger partial charge in [0.05, 0.1) is 10.6 Å². The normalized spacial score (nSPS) is 11.2. The fourth-order valence-corrected chi connectivity index (χ4v) is 3.66. The summed E-state index contributed by atoms with van der Waals surface area (Å²) in [6.07, 6.45) is 1.75. The molecule has 0 atom stereocenters. The Balaban J connectivity index is 1.91. The Bertz CT molecular complexity index is 1350. The molecule has 0 fully saturated rings. The van der Waals surface area contributed by atoms with Crippen molar-refractivity contribution in [3.63, 3.8) is 0 Å². The van der Waals surface area contributed by atoms with Gasteiger partial charge in [-0.2, -0.15) is 5.10 Å². The molecule has 4 aromatic rings. The monoisotopic (exact) mass is 446 g/mol. The van der Waals surface area contributed by atoms with E-state index in [0.29, 0.717) is 16.4 Å². The molecule has 0 radical (unpaired) electrons. The number of halogens is 1. The SMILES string of the molecule is C[Si](C)(C)C#Cc1c(-c2ccc([N+](=O)[O-])cc2)cnc2cc(-c3ccc(Cl)cc3)nn12. The molecular weight excluding hydrogens is 428 g/mol. The van der Waals surface area contributed by atoms with E-state index in [1.54, 1.807) is 22.8 Å². The van der Waals surface area contributed by atoms with Crippen LogP contribution in [0.3, 0.4) is 0 Å². The standard InChI is InChI=1S/C23H19ClN4O2Si/c1-31(2,3)13-12-22-20(16-6-10-19(11-7-16)28(29)30)15-25-23-14-21(26-27(22)23)17-4-8-18(24)9-5-17/h4-11,14-15H,1-3H3. The van der Waals surface area contributed by atoms with Gasteiger partial charge in [-0.3, -0.25) is 10.1 Å². The van der Waals surface area contributed by atoms with E-state index in [-0.39, 0.29) is 5.69 Å². The second-order valence-corrected chi connectivity index (χ2v) is 13.3. The summed E-state index contributed by atoms with van der Waals surface area (Å²) in [7, 11) is -1.67.